The Morgan fingerprint density at radius 3 is 0.939 bits per heavy atom. The Labute approximate surface area is 347 Å². The molecule has 49 heavy (non-hydrogen) atoms. The molecule has 3 rings (SSSR count). The quantitative estimate of drug-likeness (QED) is 0.122. The molecular weight excluding hydrogens is 786 g/mol. The number of hydrogen-bond acceptors (Lipinski definition) is 8. The Morgan fingerprint density at radius 1 is 0.551 bits per heavy atom. The molecule has 8 N–H and O–H groups in total. The van der Waals surface area contributed by atoms with Crippen molar-refractivity contribution in [2.45, 2.75) is 72.3 Å². The number of hydrogen-bond donors (Lipinski definition) is 8. The molecule has 0 aromatic heterocycles. The molecule has 2 radical (unpaired) electrons. The third-order valence-corrected chi connectivity index (χ3v) is 3.49. The molecule has 0 aliphatic carbocycles. The van der Waals surface area contributed by atoms with Gasteiger partial charge in [-0.05, 0) is 36.4 Å². The molecule has 0 bridgehead atoms. The number of amides is 2. The summed E-state index contributed by atoms with van der Waals surface area (Å²) >= 11 is 0. The Morgan fingerprint density at radius 2 is 0.776 bits per heavy atom. The monoisotopic (exact) mass is 852 g/mol. The Bertz CT molecular complexity index is 1040. The van der Waals surface area contributed by atoms with Crippen LogP contribution in [0.1, 0.15) is 93.0 Å². The number of nitrogens with one attached hydrogen (secondary N) is 2. The van der Waals surface area contributed by atoms with Gasteiger partial charge >= 0.3 is 5.97 Å². The second kappa shape index (κ2) is 60.6. The summed E-state index contributed by atoms with van der Waals surface area (Å²) in [7, 11) is 3.06. The SMILES string of the molecule is C.C.C.C.C.C.CC.CC(=O)O.CNC(=O)c1ccccc1C(=O)O.CNC(C)=O.OCO.Oc1ccccc1.Oc1ccccc1.[Y].[Y]. The number of aromatic hydroxyl groups is 2. The Kier molecular flexibility index (Phi) is 99.8. The van der Waals surface area contributed by atoms with E-state index in [1.54, 1.807) is 67.7 Å². The minimum Gasteiger partial charge on any atom is -0.508 e. The molecule has 0 aliphatic heterocycles. The fourth-order valence-corrected chi connectivity index (χ4v) is 1.86. The number of aliphatic carboxylic acids is 1. The first-order chi connectivity index (χ1) is 19.4. The first-order valence-electron chi connectivity index (χ1n) is 12.0. The van der Waals surface area contributed by atoms with Crippen molar-refractivity contribution < 1.29 is 115 Å². The van der Waals surface area contributed by atoms with Crippen molar-refractivity contribution in [3.05, 3.63) is 96.1 Å². The summed E-state index contributed by atoms with van der Waals surface area (Å²) in [5.41, 5.74) is 0.194. The fourth-order valence-electron chi connectivity index (χ4n) is 1.86. The molecular formula is C35H66N2O10Y2. The number of carbonyl (C=O) groups is 4. The van der Waals surface area contributed by atoms with Crippen LogP contribution in [0.2, 0.25) is 0 Å². The first-order valence-corrected chi connectivity index (χ1v) is 12.0. The maximum Gasteiger partial charge on any atom is 0.336 e. The van der Waals surface area contributed by atoms with Crippen LogP contribution in [-0.2, 0) is 75.0 Å². The van der Waals surface area contributed by atoms with Crippen molar-refractivity contribution in [1.29, 1.82) is 0 Å². The van der Waals surface area contributed by atoms with Gasteiger partial charge in [0.05, 0.1) is 11.1 Å². The molecule has 0 saturated heterocycles. The number of carbonyl (C=O) groups excluding carboxylic acids is 2. The van der Waals surface area contributed by atoms with E-state index in [9.17, 15) is 14.4 Å². The topological polar surface area (TPSA) is 214 Å². The van der Waals surface area contributed by atoms with Crippen molar-refractivity contribution >= 4 is 23.8 Å². The van der Waals surface area contributed by atoms with Gasteiger partial charge in [-0.1, -0.05) is 107 Å². The summed E-state index contributed by atoms with van der Waals surface area (Å²) in [4.78, 5) is 40.5. The van der Waals surface area contributed by atoms with E-state index in [1.807, 2.05) is 26.0 Å². The molecule has 0 heterocycles. The van der Waals surface area contributed by atoms with Crippen molar-refractivity contribution in [1.82, 2.24) is 10.6 Å². The van der Waals surface area contributed by atoms with Crippen LogP contribution in [0.5, 0.6) is 11.5 Å². The zero-order chi connectivity index (χ0) is 32.6. The molecule has 282 valence electrons. The maximum atomic E-state index is 11.2. The van der Waals surface area contributed by atoms with Crippen LogP contribution in [0.3, 0.4) is 0 Å². The van der Waals surface area contributed by atoms with E-state index in [-0.39, 0.29) is 127 Å². The molecule has 0 fully saturated rings. The van der Waals surface area contributed by atoms with Crippen molar-refractivity contribution in [2.24, 2.45) is 0 Å². The number of carboxylic acids is 2. The van der Waals surface area contributed by atoms with E-state index >= 15 is 0 Å². The number of para-hydroxylation sites is 2. The minimum absolute atomic E-state index is 0. The van der Waals surface area contributed by atoms with Crippen LogP contribution >= 0.6 is 0 Å². The number of carboxylic acid groups (broad SMARTS) is 2. The molecule has 0 spiro atoms. The summed E-state index contributed by atoms with van der Waals surface area (Å²) in [6, 6.07) is 23.5. The van der Waals surface area contributed by atoms with Crippen LogP contribution in [0.25, 0.3) is 0 Å². The Balaban J connectivity index is -0.0000000339. The standard InChI is InChI=1S/C9H9NO3.2C6H6O.C3H7NO.C2H4O2.C2H6.CH4O2.6CH4.2Y/c1-10-8(11)6-4-2-3-5-7(6)9(12)13;2*7-6-4-2-1-3-5-6;1-3(5)4-2;1-2(3)4;1-2;2-1-3;;;;;;;;/h2-5H,1H3,(H,10,11)(H,12,13);2*1-5,7H;1-2H3,(H,4,5);1H3,(H,3,4);1-2H3;2-3H,1H2;6*1H4;;. The van der Waals surface area contributed by atoms with Gasteiger partial charge in [0.2, 0.25) is 5.91 Å². The second-order valence-electron chi connectivity index (χ2n) is 6.57. The van der Waals surface area contributed by atoms with Gasteiger partial charge in [0, 0.05) is 93.4 Å². The molecule has 0 aliphatic rings. The summed E-state index contributed by atoms with van der Waals surface area (Å²) in [6.45, 7) is 5.81. The summed E-state index contributed by atoms with van der Waals surface area (Å²) in [6.07, 6.45) is 0. The number of phenolic OH excluding ortho intramolecular Hbond substituents is 2. The van der Waals surface area contributed by atoms with Crippen molar-refractivity contribution in [2.75, 3.05) is 20.9 Å². The number of rotatable bonds is 2. The minimum atomic E-state index is -1.10. The smallest absolute Gasteiger partial charge is 0.336 e. The predicted molar refractivity (Wildman–Crippen MR) is 197 cm³/mol. The van der Waals surface area contributed by atoms with E-state index in [0.717, 1.165) is 6.92 Å². The van der Waals surface area contributed by atoms with E-state index in [2.05, 4.69) is 10.6 Å². The van der Waals surface area contributed by atoms with Crippen LogP contribution < -0.4 is 10.6 Å². The van der Waals surface area contributed by atoms with E-state index in [4.69, 9.17) is 35.4 Å². The number of aromatic carboxylic acids is 1. The first kappa shape index (κ1) is 80.7. The van der Waals surface area contributed by atoms with Gasteiger partial charge in [0.1, 0.15) is 18.3 Å². The van der Waals surface area contributed by atoms with Gasteiger partial charge < -0.3 is 41.3 Å². The number of aliphatic hydroxyl groups is 2. The molecule has 2 amide bonds. The summed E-state index contributed by atoms with van der Waals surface area (Å²) in [5, 5.41) is 52.4. The van der Waals surface area contributed by atoms with Gasteiger partial charge in [-0.3, -0.25) is 14.4 Å². The molecule has 12 nitrogen and oxygen atoms in total. The zero-order valence-electron chi connectivity index (χ0n) is 25.3. The van der Waals surface area contributed by atoms with Gasteiger partial charge in [0.25, 0.3) is 11.9 Å². The van der Waals surface area contributed by atoms with E-state index in [1.165, 1.54) is 26.1 Å². The van der Waals surface area contributed by atoms with Gasteiger partial charge in [-0.2, -0.15) is 0 Å². The molecule has 0 unspecified atom stereocenters. The van der Waals surface area contributed by atoms with Gasteiger partial charge in [0.15, 0.2) is 0 Å². The van der Waals surface area contributed by atoms with Gasteiger partial charge in [-0.25, -0.2) is 4.79 Å². The van der Waals surface area contributed by atoms with E-state index < -0.39 is 24.6 Å². The molecule has 3 aromatic rings. The molecule has 0 saturated carbocycles. The van der Waals surface area contributed by atoms with E-state index in [0.29, 0.717) is 11.5 Å². The van der Waals surface area contributed by atoms with Crippen LogP contribution in [-0.4, -0.2) is 75.3 Å². The average Bonchev–Trinajstić information content (AvgIpc) is 2.95. The maximum absolute atomic E-state index is 11.2. The summed E-state index contributed by atoms with van der Waals surface area (Å²) < 4.78 is 0. The van der Waals surface area contributed by atoms with Crippen LogP contribution in [0.4, 0.5) is 0 Å². The predicted octanol–water partition coefficient (Wildman–Crippen LogP) is 7.14. The van der Waals surface area contributed by atoms with Gasteiger partial charge in [-0.15, -0.1) is 0 Å². The molecule has 0 atom stereocenters. The van der Waals surface area contributed by atoms with Crippen molar-refractivity contribution in [3.63, 3.8) is 0 Å². The molecule has 3 aromatic carbocycles. The number of benzene rings is 3. The number of aliphatic hydroxyl groups excluding tert-OH is 1. The fraction of sp³-hybridized carbons (Fsp3) is 0.371. The average molecular weight is 853 g/mol. The normalized spacial score (nSPS) is 6.61. The second-order valence-corrected chi connectivity index (χ2v) is 6.57. The van der Waals surface area contributed by atoms with Crippen LogP contribution in [0, 0.1) is 0 Å². The Hall–Kier alpha value is -2.73. The third kappa shape index (κ3) is 64.4. The summed E-state index contributed by atoms with van der Waals surface area (Å²) in [5.74, 6) is -1.67. The largest absolute Gasteiger partial charge is 0.508 e. The third-order valence-electron chi connectivity index (χ3n) is 3.49. The molecule has 14 heteroatoms. The van der Waals surface area contributed by atoms with Crippen LogP contribution in [0.15, 0.2) is 84.9 Å². The number of phenols is 2. The zero-order valence-corrected chi connectivity index (χ0v) is 30.9. The van der Waals surface area contributed by atoms with Crippen molar-refractivity contribution in [3.8, 4) is 11.5 Å².